The van der Waals surface area contributed by atoms with Crippen molar-refractivity contribution >= 4 is 6.03 Å². The topological polar surface area (TPSA) is 41.1 Å². The maximum Gasteiger partial charge on any atom is 0.315 e. The van der Waals surface area contributed by atoms with E-state index >= 15 is 0 Å². The maximum atomic E-state index is 13.2. The summed E-state index contributed by atoms with van der Waals surface area (Å²) in [5, 5.41) is 7.17. The van der Waals surface area contributed by atoms with Crippen molar-refractivity contribution in [3.05, 3.63) is 0 Å². The van der Waals surface area contributed by atoms with E-state index in [0.717, 1.165) is 23.7 Å². The van der Waals surface area contributed by atoms with Gasteiger partial charge in [0.05, 0.1) is 0 Å². The molecule has 2 N–H and O–H groups in total. The van der Waals surface area contributed by atoms with Crippen LogP contribution < -0.4 is 10.6 Å². The van der Waals surface area contributed by atoms with E-state index in [1.54, 1.807) is 0 Å². The van der Waals surface area contributed by atoms with Gasteiger partial charge < -0.3 is 10.6 Å². The summed E-state index contributed by atoms with van der Waals surface area (Å²) in [5.74, 6) is 3.44. The average molecular weight is 357 g/mol. The lowest BCUT2D eigenvalue weighted by molar-refractivity contribution is -0.0745. The number of nitrogens with one attached hydrogen (secondary N) is 2. The molecule has 8 aliphatic carbocycles. The van der Waals surface area contributed by atoms with Crippen LogP contribution in [0, 0.1) is 34.5 Å². The second-order valence-electron chi connectivity index (χ2n) is 12.7. The quantitative estimate of drug-likeness (QED) is 0.718. The molecule has 144 valence electrons. The molecular weight excluding hydrogens is 320 g/mol. The molecule has 0 aliphatic heterocycles. The smallest absolute Gasteiger partial charge is 0.315 e. The summed E-state index contributed by atoms with van der Waals surface area (Å²) in [6.45, 7) is 4.97. The number of carbonyl (C=O) groups excluding carboxylic acids is 1. The second kappa shape index (κ2) is 4.81. The molecule has 0 heterocycles. The molecule has 0 radical (unpaired) electrons. The SMILES string of the molecule is CC12CC3CC(C1)CC(NC(=O)NC14CC5CC(CC(C)(C5)C1)C4)(C3)C2. The van der Waals surface area contributed by atoms with Crippen LogP contribution in [0.5, 0.6) is 0 Å². The third-order valence-electron chi connectivity index (χ3n) is 9.46. The number of hydrogen-bond acceptors (Lipinski definition) is 1. The number of hydrogen-bond donors (Lipinski definition) is 2. The predicted molar refractivity (Wildman–Crippen MR) is 103 cm³/mol. The number of carbonyl (C=O) groups is 1. The average Bonchev–Trinajstić information content (AvgIpc) is 2.39. The van der Waals surface area contributed by atoms with Gasteiger partial charge in [0.15, 0.2) is 0 Å². The van der Waals surface area contributed by atoms with Crippen LogP contribution in [-0.4, -0.2) is 17.1 Å². The Labute approximate surface area is 158 Å². The van der Waals surface area contributed by atoms with Crippen LogP contribution >= 0.6 is 0 Å². The summed E-state index contributed by atoms with van der Waals surface area (Å²) in [5.41, 5.74) is 1.20. The van der Waals surface area contributed by atoms with E-state index in [9.17, 15) is 4.79 Å². The Morgan fingerprint density at radius 2 is 1.00 bits per heavy atom. The minimum atomic E-state index is 0.106. The van der Waals surface area contributed by atoms with Gasteiger partial charge in [-0.05, 0) is 112 Å². The molecule has 0 aromatic heterocycles. The molecule has 0 spiro atoms. The molecule has 4 unspecified atom stereocenters. The lowest BCUT2D eigenvalue weighted by Gasteiger charge is -2.62. The number of urea groups is 1. The van der Waals surface area contributed by atoms with Gasteiger partial charge >= 0.3 is 6.03 Å². The van der Waals surface area contributed by atoms with Gasteiger partial charge in [0.2, 0.25) is 0 Å². The van der Waals surface area contributed by atoms with Crippen LogP contribution in [0.15, 0.2) is 0 Å². The van der Waals surface area contributed by atoms with Crippen molar-refractivity contribution in [1.82, 2.24) is 10.6 Å². The Bertz CT molecular complexity index is 573. The number of amides is 2. The van der Waals surface area contributed by atoms with Gasteiger partial charge in [-0.15, -0.1) is 0 Å². The molecule has 26 heavy (non-hydrogen) atoms. The van der Waals surface area contributed by atoms with Crippen molar-refractivity contribution in [2.75, 3.05) is 0 Å². The van der Waals surface area contributed by atoms with Crippen molar-refractivity contribution < 1.29 is 4.79 Å². The summed E-state index contributed by atoms with van der Waals surface area (Å²) >= 11 is 0. The highest BCUT2D eigenvalue weighted by Gasteiger charge is 2.58. The first-order chi connectivity index (χ1) is 12.2. The Balaban J connectivity index is 1.19. The molecule has 0 saturated heterocycles. The summed E-state index contributed by atoms with van der Waals surface area (Å²) in [6, 6.07) is 0.168. The molecule has 2 amide bonds. The summed E-state index contributed by atoms with van der Waals surface area (Å²) in [7, 11) is 0. The lowest BCUT2D eigenvalue weighted by Crippen LogP contribution is -2.68. The van der Waals surface area contributed by atoms with E-state index in [2.05, 4.69) is 24.5 Å². The van der Waals surface area contributed by atoms with Crippen LogP contribution in [0.4, 0.5) is 4.79 Å². The Kier molecular flexibility index (Phi) is 3.01. The normalized spacial score (nSPS) is 58.8. The van der Waals surface area contributed by atoms with E-state index in [0.29, 0.717) is 10.8 Å². The van der Waals surface area contributed by atoms with E-state index in [1.165, 1.54) is 77.0 Å². The fourth-order valence-electron chi connectivity index (χ4n) is 10.2. The zero-order chi connectivity index (χ0) is 17.8. The highest BCUT2D eigenvalue weighted by Crippen LogP contribution is 2.62. The van der Waals surface area contributed by atoms with Gasteiger partial charge in [-0.25, -0.2) is 4.79 Å². The largest absolute Gasteiger partial charge is 0.333 e. The first-order valence-corrected chi connectivity index (χ1v) is 11.3. The van der Waals surface area contributed by atoms with E-state index < -0.39 is 0 Å². The van der Waals surface area contributed by atoms with Crippen LogP contribution in [0.1, 0.15) is 90.9 Å². The van der Waals surface area contributed by atoms with E-state index in [-0.39, 0.29) is 17.1 Å². The standard InChI is InChI=1S/C23H36N2O/c1-20-5-15-3-16(6-20)10-22(9-15,13-20)24-19(26)25-23-11-17-4-18(12-23)8-21(2,7-17)14-23/h15-18H,3-14H2,1-2H3,(H2,24,25,26). The van der Waals surface area contributed by atoms with Gasteiger partial charge in [-0.2, -0.15) is 0 Å². The molecule has 0 aromatic carbocycles. The Morgan fingerprint density at radius 3 is 1.31 bits per heavy atom. The molecule has 3 heteroatoms. The van der Waals surface area contributed by atoms with Crippen LogP contribution in [0.25, 0.3) is 0 Å². The van der Waals surface area contributed by atoms with Crippen molar-refractivity contribution in [1.29, 1.82) is 0 Å². The van der Waals surface area contributed by atoms with Crippen LogP contribution in [0.3, 0.4) is 0 Å². The minimum absolute atomic E-state index is 0.106. The highest BCUT2D eigenvalue weighted by molar-refractivity contribution is 5.76. The van der Waals surface area contributed by atoms with Crippen LogP contribution in [-0.2, 0) is 0 Å². The van der Waals surface area contributed by atoms with E-state index in [4.69, 9.17) is 0 Å². The molecule has 0 aromatic rings. The zero-order valence-electron chi connectivity index (χ0n) is 16.7. The number of rotatable bonds is 2. The van der Waals surface area contributed by atoms with Gasteiger partial charge in [0, 0.05) is 11.1 Å². The molecule has 8 saturated carbocycles. The molecule has 8 bridgehead atoms. The first-order valence-electron chi connectivity index (χ1n) is 11.3. The monoisotopic (exact) mass is 356 g/mol. The van der Waals surface area contributed by atoms with Gasteiger partial charge in [0.1, 0.15) is 0 Å². The van der Waals surface area contributed by atoms with Crippen molar-refractivity contribution in [2.24, 2.45) is 34.5 Å². The van der Waals surface area contributed by atoms with Gasteiger partial charge in [-0.3, -0.25) is 0 Å². The molecule has 4 atom stereocenters. The van der Waals surface area contributed by atoms with Crippen molar-refractivity contribution in [3.8, 4) is 0 Å². The van der Waals surface area contributed by atoms with E-state index in [1.807, 2.05) is 0 Å². The molecular formula is C23H36N2O. The second-order valence-corrected chi connectivity index (χ2v) is 12.7. The third-order valence-corrected chi connectivity index (χ3v) is 9.46. The fraction of sp³-hybridized carbons (Fsp3) is 0.957. The summed E-state index contributed by atoms with van der Waals surface area (Å²) in [6.07, 6.45) is 15.8. The van der Waals surface area contributed by atoms with Gasteiger partial charge in [-0.1, -0.05) is 13.8 Å². The Hall–Kier alpha value is -0.730. The maximum absolute atomic E-state index is 13.2. The Morgan fingerprint density at radius 1 is 0.654 bits per heavy atom. The lowest BCUT2D eigenvalue weighted by atomic mass is 9.47. The summed E-state index contributed by atoms with van der Waals surface area (Å²) < 4.78 is 0. The molecule has 8 fully saturated rings. The van der Waals surface area contributed by atoms with Crippen molar-refractivity contribution in [2.45, 2.75) is 102 Å². The predicted octanol–water partition coefficient (Wildman–Crippen LogP) is 5.00. The van der Waals surface area contributed by atoms with Crippen molar-refractivity contribution in [3.63, 3.8) is 0 Å². The third kappa shape index (κ3) is 2.41. The fourth-order valence-corrected chi connectivity index (χ4v) is 10.2. The minimum Gasteiger partial charge on any atom is -0.333 e. The summed E-state index contributed by atoms with van der Waals surface area (Å²) in [4.78, 5) is 13.2. The first kappa shape index (κ1) is 16.2. The van der Waals surface area contributed by atoms with Crippen LogP contribution in [0.2, 0.25) is 0 Å². The molecule has 3 nitrogen and oxygen atoms in total. The molecule has 8 aliphatic rings. The highest BCUT2D eigenvalue weighted by atomic mass is 16.2. The van der Waals surface area contributed by atoms with Gasteiger partial charge in [0.25, 0.3) is 0 Å². The zero-order valence-corrected chi connectivity index (χ0v) is 16.7. The molecule has 8 rings (SSSR count).